The minimum Gasteiger partial charge on any atom is -0.371 e. The average molecular weight is 360 g/mol. The Balaban J connectivity index is 2.92. The van der Waals surface area contributed by atoms with Gasteiger partial charge >= 0.3 is 0 Å². The second-order valence-corrected chi connectivity index (χ2v) is 8.73. The molecule has 4 heteroatoms. The van der Waals surface area contributed by atoms with Crippen molar-refractivity contribution in [3.05, 3.63) is 47.9 Å². The highest BCUT2D eigenvalue weighted by molar-refractivity contribution is 5.39. The highest BCUT2D eigenvalue weighted by atomic mass is 19.1. The summed E-state index contributed by atoms with van der Waals surface area (Å²) < 4.78 is 14.3. The van der Waals surface area contributed by atoms with E-state index in [0.29, 0.717) is 16.7 Å². The van der Waals surface area contributed by atoms with E-state index in [9.17, 15) is 9.65 Å². The van der Waals surface area contributed by atoms with Crippen LogP contribution in [0.5, 0.6) is 0 Å². The molecule has 0 aromatic rings. The third-order valence-electron chi connectivity index (χ3n) is 4.93. The van der Waals surface area contributed by atoms with Crippen LogP contribution in [-0.4, -0.2) is 41.6 Å². The van der Waals surface area contributed by atoms with Gasteiger partial charge in [-0.1, -0.05) is 38.7 Å². The molecule has 1 fully saturated rings. The fourth-order valence-electron chi connectivity index (χ4n) is 3.27. The van der Waals surface area contributed by atoms with Crippen LogP contribution in [0.3, 0.4) is 0 Å². The third-order valence-corrected chi connectivity index (χ3v) is 4.93. The van der Waals surface area contributed by atoms with Crippen molar-refractivity contribution in [2.24, 2.45) is 5.41 Å². The lowest BCUT2D eigenvalue weighted by atomic mass is 9.93. The number of nitrogens with zero attached hydrogens (tertiary/aromatic N) is 3. The summed E-state index contributed by atoms with van der Waals surface area (Å²) in [6.45, 7) is 21.7. The van der Waals surface area contributed by atoms with Crippen molar-refractivity contribution in [2.45, 2.75) is 59.7 Å². The number of nitriles is 1. The van der Waals surface area contributed by atoms with Crippen molar-refractivity contribution in [3.63, 3.8) is 0 Å². The Morgan fingerprint density at radius 2 is 1.88 bits per heavy atom. The maximum Gasteiger partial charge on any atom is 0.150 e. The van der Waals surface area contributed by atoms with E-state index >= 15 is 0 Å². The normalized spacial score (nSPS) is 17.7. The summed E-state index contributed by atoms with van der Waals surface area (Å²) in [4.78, 5) is 3.96. The smallest absolute Gasteiger partial charge is 0.150 e. The first-order chi connectivity index (χ1) is 11.8. The molecular weight excluding hydrogens is 325 g/mol. The van der Waals surface area contributed by atoms with Crippen LogP contribution in [-0.2, 0) is 0 Å². The Kier molecular flexibility index (Phi) is 6.88. The van der Waals surface area contributed by atoms with Crippen LogP contribution in [0.25, 0.3) is 0 Å². The van der Waals surface area contributed by atoms with Gasteiger partial charge in [-0.05, 0) is 51.2 Å². The van der Waals surface area contributed by atoms with Crippen LogP contribution in [0.2, 0.25) is 0 Å². The predicted octanol–water partition coefficient (Wildman–Crippen LogP) is 5.21. The van der Waals surface area contributed by atoms with Crippen molar-refractivity contribution in [1.29, 1.82) is 5.26 Å². The largest absolute Gasteiger partial charge is 0.371 e. The van der Waals surface area contributed by atoms with E-state index in [1.807, 2.05) is 12.1 Å². The van der Waals surface area contributed by atoms with Crippen LogP contribution < -0.4 is 0 Å². The van der Waals surface area contributed by atoms with Gasteiger partial charge in [0.1, 0.15) is 5.67 Å². The molecule has 0 saturated carbocycles. The number of allylic oxidation sites excluding steroid dienone is 3. The molecule has 0 aromatic carbocycles. The zero-order chi connectivity index (χ0) is 20.3. The van der Waals surface area contributed by atoms with Gasteiger partial charge in [-0.25, -0.2) is 4.39 Å². The van der Waals surface area contributed by atoms with Gasteiger partial charge in [-0.2, -0.15) is 5.26 Å². The molecule has 0 aliphatic carbocycles. The van der Waals surface area contributed by atoms with E-state index in [2.05, 4.69) is 51.8 Å². The van der Waals surface area contributed by atoms with Crippen LogP contribution in [0.4, 0.5) is 4.39 Å². The summed E-state index contributed by atoms with van der Waals surface area (Å²) in [6, 6.07) is 1.11. The molecule has 0 N–H and O–H groups in total. The summed E-state index contributed by atoms with van der Waals surface area (Å²) >= 11 is 0. The van der Waals surface area contributed by atoms with E-state index in [1.165, 1.54) is 31.5 Å². The van der Waals surface area contributed by atoms with Crippen molar-refractivity contribution in [1.82, 2.24) is 9.80 Å². The van der Waals surface area contributed by atoms with E-state index in [4.69, 9.17) is 0 Å². The van der Waals surface area contributed by atoms with Crippen molar-refractivity contribution >= 4 is 0 Å². The van der Waals surface area contributed by atoms with Crippen molar-refractivity contribution < 1.29 is 4.39 Å². The lowest BCUT2D eigenvalue weighted by Crippen LogP contribution is -2.43. The minimum absolute atomic E-state index is 0.322. The highest BCUT2D eigenvalue weighted by Gasteiger charge is 2.33. The zero-order valence-corrected chi connectivity index (χ0v) is 17.5. The second kappa shape index (κ2) is 8.12. The van der Waals surface area contributed by atoms with Gasteiger partial charge in [-0.3, -0.25) is 0 Å². The molecule has 3 nitrogen and oxygen atoms in total. The number of likely N-dealkylation sites (tertiary alicyclic amines) is 1. The Morgan fingerprint density at radius 1 is 1.31 bits per heavy atom. The first-order valence-electron chi connectivity index (χ1n) is 9.10. The molecule has 0 radical (unpaired) electrons. The maximum absolute atomic E-state index is 14.3. The lowest BCUT2D eigenvalue weighted by molar-refractivity contribution is 0.123. The number of rotatable bonds is 7. The van der Waals surface area contributed by atoms with E-state index in [-0.39, 0.29) is 0 Å². The van der Waals surface area contributed by atoms with Crippen LogP contribution in [0.15, 0.2) is 47.9 Å². The van der Waals surface area contributed by atoms with Crippen LogP contribution >= 0.6 is 0 Å². The highest BCUT2D eigenvalue weighted by Crippen LogP contribution is 2.32. The maximum atomic E-state index is 14.3. The van der Waals surface area contributed by atoms with Crippen molar-refractivity contribution in [3.8, 4) is 6.07 Å². The summed E-state index contributed by atoms with van der Waals surface area (Å²) in [5.74, 6) is 0. The number of hydrogen-bond acceptors (Lipinski definition) is 3. The molecule has 1 aliphatic rings. The number of hydrogen-bond donors (Lipinski definition) is 0. The third kappa shape index (κ3) is 5.49. The van der Waals surface area contributed by atoms with Gasteiger partial charge in [0.2, 0.25) is 0 Å². The molecule has 1 aliphatic heterocycles. The summed E-state index contributed by atoms with van der Waals surface area (Å²) in [6.07, 6.45) is 5.13. The van der Waals surface area contributed by atoms with Gasteiger partial charge in [0.25, 0.3) is 0 Å². The van der Waals surface area contributed by atoms with Crippen molar-refractivity contribution in [2.75, 3.05) is 20.1 Å². The molecule has 1 saturated heterocycles. The Morgan fingerprint density at radius 3 is 2.27 bits per heavy atom. The molecule has 1 rings (SSSR count). The molecule has 144 valence electrons. The van der Waals surface area contributed by atoms with E-state index < -0.39 is 11.7 Å². The van der Waals surface area contributed by atoms with Gasteiger partial charge < -0.3 is 9.80 Å². The van der Waals surface area contributed by atoms with Crippen LogP contribution in [0.1, 0.15) is 48.0 Å². The molecule has 1 atom stereocenters. The predicted molar refractivity (Wildman–Crippen MR) is 108 cm³/mol. The molecule has 0 aromatic heterocycles. The number of halogens is 1. The summed E-state index contributed by atoms with van der Waals surface area (Å²) in [5.41, 5.74) is 2.33. The Bertz CT molecular complexity index is 652. The topological polar surface area (TPSA) is 30.3 Å². The number of alkyl halides is 1. The lowest BCUT2D eigenvalue weighted by Gasteiger charge is -2.33. The zero-order valence-electron chi connectivity index (χ0n) is 17.5. The summed E-state index contributed by atoms with van der Waals surface area (Å²) in [7, 11) is 1.68. The second-order valence-electron chi connectivity index (χ2n) is 8.73. The molecule has 26 heavy (non-hydrogen) atoms. The van der Waals surface area contributed by atoms with Gasteiger partial charge in [0, 0.05) is 31.5 Å². The Hall–Kier alpha value is -2.02. The number of likely N-dealkylation sites (N-methyl/N-ethyl adjacent to an activating group) is 1. The molecule has 0 spiro atoms. The van der Waals surface area contributed by atoms with E-state index in [1.54, 1.807) is 11.9 Å². The molecule has 0 amide bonds. The minimum atomic E-state index is -1.65. The average Bonchev–Trinajstić information content (AvgIpc) is 2.85. The Labute approximate surface area is 159 Å². The van der Waals surface area contributed by atoms with Gasteiger partial charge in [0.15, 0.2) is 6.04 Å². The molecule has 1 heterocycles. The first kappa shape index (κ1) is 22.0. The molecule has 0 unspecified atom stereocenters. The van der Waals surface area contributed by atoms with Crippen LogP contribution in [0, 0.1) is 16.7 Å². The fourth-order valence-corrected chi connectivity index (χ4v) is 3.27. The fraction of sp³-hybridized carbons (Fsp3) is 0.591. The summed E-state index contributed by atoms with van der Waals surface area (Å²) in [5, 5.41) is 9.31. The van der Waals surface area contributed by atoms with Gasteiger partial charge in [0.05, 0.1) is 6.07 Å². The molecule has 0 bridgehead atoms. The quantitative estimate of drug-likeness (QED) is 0.585. The standard InChI is InChI=1S/C22H34FN3/c1-16(2)19(26-13-12-21(5,6)15-26)11-10-17(3)18(4)25(9)20(14-24)22(7,8)23/h10-11,20H,3-4,12-13,15H2,1-2,5-9H3/b11-10-/t20-/m0/s1. The monoisotopic (exact) mass is 359 g/mol. The molecular formula is C22H34FN3. The SMILES string of the molecule is C=C(/C=C\C(=C(C)C)N1CCC(C)(C)C1)C(=C)N(C)[C@@H](C#N)C(C)(C)F. The first-order valence-corrected chi connectivity index (χ1v) is 9.10. The van der Waals surface area contributed by atoms with E-state index in [0.717, 1.165) is 13.1 Å². The van der Waals surface area contributed by atoms with Gasteiger partial charge in [-0.15, -0.1) is 0 Å².